The topological polar surface area (TPSA) is 92.3 Å². The molecule has 5 nitrogen and oxygen atoms in total. The first-order valence-corrected chi connectivity index (χ1v) is 8.43. The van der Waals surface area contributed by atoms with Crippen LogP contribution in [0, 0.1) is 0 Å². The molecule has 5 heteroatoms. The molecular weight excluding hydrogens is 338 g/mol. The SMILES string of the molecule is Nc1nc(-c2ccccc2)cc(-c2cc(-c3ccc(O)cc3)ccc2O)n1. The van der Waals surface area contributed by atoms with Crippen LogP contribution in [0.1, 0.15) is 0 Å². The van der Waals surface area contributed by atoms with Gasteiger partial charge in [-0.2, -0.15) is 0 Å². The minimum Gasteiger partial charge on any atom is -0.508 e. The average molecular weight is 355 g/mol. The lowest BCUT2D eigenvalue weighted by Gasteiger charge is -2.10. The summed E-state index contributed by atoms with van der Waals surface area (Å²) in [6.07, 6.45) is 0. The highest BCUT2D eigenvalue weighted by Gasteiger charge is 2.12. The highest BCUT2D eigenvalue weighted by atomic mass is 16.3. The monoisotopic (exact) mass is 355 g/mol. The zero-order valence-corrected chi connectivity index (χ0v) is 14.4. The van der Waals surface area contributed by atoms with Crippen molar-refractivity contribution in [3.63, 3.8) is 0 Å². The van der Waals surface area contributed by atoms with Crippen LogP contribution in [0.2, 0.25) is 0 Å². The summed E-state index contributed by atoms with van der Waals surface area (Å²) in [5, 5.41) is 19.9. The van der Waals surface area contributed by atoms with E-state index in [9.17, 15) is 10.2 Å². The molecule has 1 aromatic heterocycles. The van der Waals surface area contributed by atoms with Crippen LogP contribution in [0.25, 0.3) is 33.6 Å². The molecule has 3 aromatic carbocycles. The molecule has 0 saturated heterocycles. The Morgan fingerprint density at radius 1 is 0.630 bits per heavy atom. The Balaban J connectivity index is 1.82. The van der Waals surface area contributed by atoms with Gasteiger partial charge in [0.25, 0.3) is 0 Å². The number of rotatable bonds is 3. The summed E-state index contributed by atoms with van der Waals surface area (Å²) in [6.45, 7) is 0. The Morgan fingerprint density at radius 3 is 2.04 bits per heavy atom. The lowest BCUT2D eigenvalue weighted by Crippen LogP contribution is -1.99. The number of phenols is 2. The number of aromatic hydroxyl groups is 2. The molecule has 0 aliphatic rings. The van der Waals surface area contributed by atoms with Crippen LogP contribution in [0.4, 0.5) is 5.95 Å². The maximum absolute atomic E-state index is 10.4. The Labute approximate surface area is 156 Å². The molecule has 0 saturated carbocycles. The number of nitrogen functional groups attached to an aromatic ring is 1. The molecule has 0 bridgehead atoms. The van der Waals surface area contributed by atoms with Crippen LogP contribution in [-0.4, -0.2) is 20.2 Å². The van der Waals surface area contributed by atoms with Gasteiger partial charge in [-0.15, -0.1) is 0 Å². The summed E-state index contributed by atoms with van der Waals surface area (Å²) < 4.78 is 0. The first-order chi connectivity index (χ1) is 13.1. The lowest BCUT2D eigenvalue weighted by molar-refractivity contribution is 0.475. The third-order valence-electron chi connectivity index (χ3n) is 4.29. The highest BCUT2D eigenvalue weighted by molar-refractivity contribution is 5.78. The molecule has 4 aromatic rings. The molecular formula is C22H17N3O2. The van der Waals surface area contributed by atoms with Gasteiger partial charge in [0.05, 0.1) is 11.4 Å². The van der Waals surface area contributed by atoms with Gasteiger partial charge in [0.2, 0.25) is 5.95 Å². The van der Waals surface area contributed by atoms with E-state index in [2.05, 4.69) is 9.97 Å². The van der Waals surface area contributed by atoms with Gasteiger partial charge < -0.3 is 15.9 Å². The number of aromatic nitrogens is 2. The molecule has 0 spiro atoms. The molecule has 0 amide bonds. The molecule has 0 aliphatic heterocycles. The van der Waals surface area contributed by atoms with E-state index in [1.165, 1.54) is 0 Å². The second-order valence-corrected chi connectivity index (χ2v) is 6.14. The second kappa shape index (κ2) is 6.80. The standard InChI is InChI=1S/C22H17N3O2/c23-22-24-19(15-4-2-1-3-5-15)13-20(25-22)18-12-16(8-11-21(18)27)14-6-9-17(26)10-7-14/h1-13,26-27H,(H2,23,24,25). The largest absolute Gasteiger partial charge is 0.508 e. The molecule has 27 heavy (non-hydrogen) atoms. The van der Waals surface area contributed by atoms with Crippen LogP contribution in [0.15, 0.2) is 78.9 Å². The number of benzene rings is 3. The normalized spacial score (nSPS) is 10.7. The van der Waals surface area contributed by atoms with E-state index in [4.69, 9.17) is 5.73 Å². The molecule has 0 unspecified atom stereocenters. The summed E-state index contributed by atoms with van der Waals surface area (Å²) in [5.74, 6) is 0.448. The van der Waals surface area contributed by atoms with E-state index < -0.39 is 0 Å². The summed E-state index contributed by atoms with van der Waals surface area (Å²) in [7, 11) is 0. The van der Waals surface area contributed by atoms with Gasteiger partial charge in [-0.3, -0.25) is 0 Å². The molecule has 1 heterocycles. The highest BCUT2D eigenvalue weighted by Crippen LogP contribution is 2.34. The summed E-state index contributed by atoms with van der Waals surface area (Å²) in [6, 6.07) is 23.6. The number of phenolic OH excluding ortho intramolecular Hbond substituents is 2. The van der Waals surface area contributed by atoms with Gasteiger partial charge in [0, 0.05) is 11.1 Å². The predicted molar refractivity (Wildman–Crippen MR) is 106 cm³/mol. The van der Waals surface area contributed by atoms with E-state index in [0.29, 0.717) is 17.0 Å². The van der Waals surface area contributed by atoms with Crippen molar-refractivity contribution in [2.24, 2.45) is 0 Å². The van der Waals surface area contributed by atoms with Gasteiger partial charge >= 0.3 is 0 Å². The molecule has 4 N–H and O–H groups in total. The number of anilines is 1. The van der Waals surface area contributed by atoms with E-state index in [1.807, 2.05) is 54.6 Å². The Kier molecular flexibility index (Phi) is 4.18. The zero-order valence-electron chi connectivity index (χ0n) is 14.4. The fraction of sp³-hybridized carbons (Fsp3) is 0. The summed E-state index contributed by atoms with van der Waals surface area (Å²) >= 11 is 0. The van der Waals surface area contributed by atoms with Gasteiger partial charge in [0.1, 0.15) is 11.5 Å². The van der Waals surface area contributed by atoms with Crippen molar-refractivity contribution in [1.29, 1.82) is 0 Å². The second-order valence-electron chi connectivity index (χ2n) is 6.14. The molecule has 0 atom stereocenters. The maximum atomic E-state index is 10.4. The summed E-state index contributed by atoms with van der Waals surface area (Å²) in [4.78, 5) is 8.61. The van der Waals surface area contributed by atoms with Crippen molar-refractivity contribution in [1.82, 2.24) is 9.97 Å². The Bertz CT molecular complexity index is 1090. The van der Waals surface area contributed by atoms with Gasteiger partial charge in [-0.1, -0.05) is 48.5 Å². The van der Waals surface area contributed by atoms with Gasteiger partial charge in [-0.05, 0) is 41.5 Å². The lowest BCUT2D eigenvalue weighted by atomic mass is 10.00. The van der Waals surface area contributed by atoms with Crippen molar-refractivity contribution in [2.75, 3.05) is 5.73 Å². The van der Waals surface area contributed by atoms with Gasteiger partial charge in [-0.25, -0.2) is 9.97 Å². The van der Waals surface area contributed by atoms with E-state index in [-0.39, 0.29) is 17.4 Å². The molecule has 0 aliphatic carbocycles. The minimum atomic E-state index is 0.106. The van der Waals surface area contributed by atoms with E-state index in [0.717, 1.165) is 16.7 Å². The van der Waals surface area contributed by atoms with Crippen molar-refractivity contribution in [3.05, 3.63) is 78.9 Å². The van der Waals surface area contributed by atoms with Crippen molar-refractivity contribution >= 4 is 5.95 Å². The fourth-order valence-electron chi connectivity index (χ4n) is 2.94. The van der Waals surface area contributed by atoms with Crippen molar-refractivity contribution < 1.29 is 10.2 Å². The molecule has 0 radical (unpaired) electrons. The van der Waals surface area contributed by atoms with Crippen molar-refractivity contribution in [2.45, 2.75) is 0 Å². The zero-order chi connectivity index (χ0) is 18.8. The van der Waals surface area contributed by atoms with Crippen molar-refractivity contribution in [3.8, 4) is 45.1 Å². The van der Waals surface area contributed by atoms with Crippen LogP contribution < -0.4 is 5.73 Å². The number of hydrogen-bond donors (Lipinski definition) is 3. The first-order valence-electron chi connectivity index (χ1n) is 8.43. The third-order valence-corrected chi connectivity index (χ3v) is 4.29. The molecule has 132 valence electrons. The summed E-state index contributed by atoms with van der Waals surface area (Å²) in [5.41, 5.74) is 10.4. The maximum Gasteiger partial charge on any atom is 0.221 e. The smallest absolute Gasteiger partial charge is 0.221 e. The molecule has 4 rings (SSSR count). The predicted octanol–water partition coefficient (Wildman–Crippen LogP) is 4.47. The first kappa shape index (κ1) is 16.6. The quantitative estimate of drug-likeness (QED) is 0.504. The van der Waals surface area contributed by atoms with Crippen LogP contribution >= 0.6 is 0 Å². The average Bonchev–Trinajstić information content (AvgIpc) is 2.69. The minimum absolute atomic E-state index is 0.106. The van der Waals surface area contributed by atoms with Gasteiger partial charge in [0.15, 0.2) is 0 Å². The number of hydrogen-bond acceptors (Lipinski definition) is 5. The Hall–Kier alpha value is -3.86. The van der Waals surface area contributed by atoms with E-state index in [1.54, 1.807) is 24.3 Å². The number of nitrogens with two attached hydrogens (primary N) is 1. The van der Waals surface area contributed by atoms with Crippen LogP contribution in [-0.2, 0) is 0 Å². The third kappa shape index (κ3) is 3.43. The fourth-order valence-corrected chi connectivity index (χ4v) is 2.94. The van der Waals surface area contributed by atoms with E-state index >= 15 is 0 Å². The molecule has 0 fully saturated rings. The van der Waals surface area contributed by atoms with Crippen LogP contribution in [0.3, 0.4) is 0 Å². The number of nitrogens with zero attached hydrogens (tertiary/aromatic N) is 2. The Morgan fingerprint density at radius 2 is 1.30 bits per heavy atom. The van der Waals surface area contributed by atoms with Crippen LogP contribution in [0.5, 0.6) is 11.5 Å².